The second-order valence-corrected chi connectivity index (χ2v) is 3.40. The molecule has 0 spiro atoms. The van der Waals surface area contributed by atoms with E-state index in [9.17, 15) is 4.79 Å². The molecule has 0 atom stereocenters. The van der Waals surface area contributed by atoms with Gasteiger partial charge >= 0.3 is 0 Å². The summed E-state index contributed by atoms with van der Waals surface area (Å²) in [5.74, 6) is 0.0933. The molecule has 0 bridgehead atoms. The first-order valence-corrected chi connectivity index (χ1v) is 4.66. The summed E-state index contributed by atoms with van der Waals surface area (Å²) in [4.78, 5) is 17.8. The van der Waals surface area contributed by atoms with Crippen LogP contribution in [0.2, 0.25) is 5.02 Å². The van der Waals surface area contributed by atoms with Gasteiger partial charge in [0, 0.05) is 16.8 Å². The average Bonchev–Trinajstić information content (AvgIpc) is 2.20. The Balaban J connectivity index is 2.65. The van der Waals surface area contributed by atoms with Crippen LogP contribution in [0.15, 0.2) is 35.3 Å². The molecule has 0 aliphatic heterocycles. The summed E-state index contributed by atoms with van der Waals surface area (Å²) >= 11 is 5.96. The van der Waals surface area contributed by atoms with Crippen LogP contribution in [-0.2, 0) is 0 Å². The van der Waals surface area contributed by atoms with Gasteiger partial charge in [-0.05, 0) is 6.07 Å². The number of nitrogens with two attached hydrogens (primary N) is 1. The lowest BCUT2D eigenvalue weighted by atomic mass is 10.1. The minimum Gasteiger partial charge on any atom is -0.369 e. The van der Waals surface area contributed by atoms with Crippen molar-refractivity contribution in [1.29, 1.82) is 0 Å². The van der Waals surface area contributed by atoms with Gasteiger partial charge in [0.1, 0.15) is 0 Å². The van der Waals surface area contributed by atoms with Crippen LogP contribution in [0.1, 0.15) is 0 Å². The van der Waals surface area contributed by atoms with E-state index in [2.05, 4.69) is 9.97 Å². The van der Waals surface area contributed by atoms with E-state index in [4.69, 9.17) is 17.3 Å². The van der Waals surface area contributed by atoms with Crippen molar-refractivity contribution in [3.63, 3.8) is 0 Å². The minimum absolute atomic E-state index is 0.0933. The number of H-pyrrole nitrogens is 1. The van der Waals surface area contributed by atoms with E-state index in [0.29, 0.717) is 16.1 Å². The Kier molecular flexibility index (Phi) is 2.43. The van der Waals surface area contributed by atoms with Crippen LogP contribution in [0.5, 0.6) is 0 Å². The van der Waals surface area contributed by atoms with Crippen LogP contribution in [0.25, 0.3) is 11.1 Å². The third-order valence-electron chi connectivity index (χ3n) is 1.98. The fourth-order valence-corrected chi connectivity index (χ4v) is 1.52. The predicted octanol–water partition coefficient (Wildman–Crippen LogP) is 1.67. The normalized spacial score (nSPS) is 10.2. The molecule has 0 radical (unpaired) electrons. The summed E-state index contributed by atoms with van der Waals surface area (Å²) in [6.45, 7) is 0. The number of nitrogen functional groups attached to an aromatic ring is 1. The van der Waals surface area contributed by atoms with Crippen molar-refractivity contribution in [1.82, 2.24) is 9.97 Å². The van der Waals surface area contributed by atoms with Gasteiger partial charge in [-0.3, -0.25) is 9.78 Å². The number of rotatable bonds is 1. The van der Waals surface area contributed by atoms with Crippen molar-refractivity contribution >= 4 is 17.5 Å². The van der Waals surface area contributed by atoms with Crippen LogP contribution in [0, 0.1) is 0 Å². The lowest BCUT2D eigenvalue weighted by molar-refractivity contribution is 1.14. The lowest BCUT2D eigenvalue weighted by Gasteiger charge is -2.02. The Labute approximate surface area is 90.7 Å². The van der Waals surface area contributed by atoms with Crippen LogP contribution in [0.3, 0.4) is 0 Å². The number of aromatic amines is 1. The van der Waals surface area contributed by atoms with Crippen molar-refractivity contribution in [2.24, 2.45) is 0 Å². The third kappa shape index (κ3) is 1.85. The molecule has 2 aromatic rings. The van der Waals surface area contributed by atoms with Crippen molar-refractivity contribution in [3.05, 3.63) is 45.8 Å². The highest BCUT2D eigenvalue weighted by molar-refractivity contribution is 6.33. The number of hydrogen-bond acceptors (Lipinski definition) is 3. The van der Waals surface area contributed by atoms with Crippen LogP contribution >= 0.6 is 11.6 Å². The topological polar surface area (TPSA) is 71.8 Å². The monoisotopic (exact) mass is 221 g/mol. The molecule has 1 aromatic heterocycles. The Hall–Kier alpha value is -1.81. The molecule has 0 amide bonds. The predicted molar refractivity (Wildman–Crippen MR) is 59.7 cm³/mol. The quantitative estimate of drug-likeness (QED) is 0.770. The number of benzene rings is 1. The highest BCUT2D eigenvalue weighted by Crippen LogP contribution is 2.23. The fourth-order valence-electron chi connectivity index (χ4n) is 1.28. The Morgan fingerprint density at radius 1 is 1.27 bits per heavy atom. The fraction of sp³-hybridized carbons (Fsp3) is 0. The molecular weight excluding hydrogens is 214 g/mol. The highest BCUT2D eigenvalue weighted by atomic mass is 35.5. The molecule has 3 N–H and O–H groups in total. The molecule has 15 heavy (non-hydrogen) atoms. The van der Waals surface area contributed by atoms with Gasteiger partial charge in [0.15, 0.2) is 5.95 Å². The highest BCUT2D eigenvalue weighted by Gasteiger charge is 2.07. The van der Waals surface area contributed by atoms with Gasteiger partial charge in [-0.1, -0.05) is 29.8 Å². The molecular formula is C10H8ClN3O. The van der Waals surface area contributed by atoms with Gasteiger partial charge in [-0.25, -0.2) is 4.98 Å². The molecule has 4 nitrogen and oxygen atoms in total. The largest absolute Gasteiger partial charge is 0.369 e. The van der Waals surface area contributed by atoms with E-state index in [1.165, 1.54) is 6.20 Å². The summed E-state index contributed by atoms with van der Waals surface area (Å²) < 4.78 is 0. The van der Waals surface area contributed by atoms with Gasteiger partial charge in [0.05, 0.1) is 5.56 Å². The standard InChI is InChI=1S/C10H8ClN3O/c11-8-4-2-1-3-6(8)7-5-13-10(12)14-9(7)15/h1-5H,(H3,12,13,14,15). The summed E-state index contributed by atoms with van der Waals surface area (Å²) in [6, 6.07) is 7.07. The molecule has 0 saturated heterocycles. The summed E-state index contributed by atoms with van der Waals surface area (Å²) in [5, 5.41) is 0.509. The van der Waals surface area contributed by atoms with E-state index in [0.717, 1.165) is 0 Å². The number of nitrogens with zero attached hydrogens (tertiary/aromatic N) is 1. The maximum absolute atomic E-state index is 11.6. The molecule has 0 unspecified atom stereocenters. The van der Waals surface area contributed by atoms with Gasteiger partial charge in [-0.2, -0.15) is 0 Å². The summed E-state index contributed by atoms with van der Waals surface area (Å²) in [7, 11) is 0. The van der Waals surface area contributed by atoms with Gasteiger partial charge < -0.3 is 5.73 Å². The molecule has 0 fully saturated rings. The van der Waals surface area contributed by atoms with Crippen molar-refractivity contribution in [3.8, 4) is 11.1 Å². The number of anilines is 1. The van der Waals surface area contributed by atoms with Gasteiger partial charge in [0.2, 0.25) is 0 Å². The maximum Gasteiger partial charge on any atom is 0.260 e. The van der Waals surface area contributed by atoms with E-state index < -0.39 is 0 Å². The SMILES string of the molecule is Nc1ncc(-c2ccccc2Cl)c(=O)[nH]1. The molecule has 76 valence electrons. The third-order valence-corrected chi connectivity index (χ3v) is 2.31. The number of nitrogens with one attached hydrogen (secondary N) is 1. The first-order chi connectivity index (χ1) is 7.18. The lowest BCUT2D eigenvalue weighted by Crippen LogP contribution is -2.12. The second-order valence-electron chi connectivity index (χ2n) is 2.99. The molecule has 1 heterocycles. The van der Waals surface area contributed by atoms with Gasteiger partial charge in [0.25, 0.3) is 5.56 Å². The van der Waals surface area contributed by atoms with E-state index in [-0.39, 0.29) is 11.5 Å². The Morgan fingerprint density at radius 3 is 2.67 bits per heavy atom. The zero-order valence-electron chi connectivity index (χ0n) is 7.70. The van der Waals surface area contributed by atoms with Crippen LogP contribution in [0.4, 0.5) is 5.95 Å². The Bertz CT molecular complexity index is 550. The summed E-state index contributed by atoms with van der Waals surface area (Å²) in [5.41, 5.74) is 6.11. The number of hydrogen-bond donors (Lipinski definition) is 2. The van der Waals surface area contributed by atoms with E-state index >= 15 is 0 Å². The molecule has 1 aromatic carbocycles. The Morgan fingerprint density at radius 2 is 2.00 bits per heavy atom. The van der Waals surface area contributed by atoms with Crippen molar-refractivity contribution < 1.29 is 0 Å². The average molecular weight is 222 g/mol. The zero-order chi connectivity index (χ0) is 10.8. The van der Waals surface area contributed by atoms with Crippen LogP contribution in [-0.4, -0.2) is 9.97 Å². The van der Waals surface area contributed by atoms with E-state index in [1.54, 1.807) is 24.3 Å². The molecule has 0 aliphatic rings. The zero-order valence-corrected chi connectivity index (χ0v) is 8.45. The number of aromatic nitrogens is 2. The smallest absolute Gasteiger partial charge is 0.260 e. The van der Waals surface area contributed by atoms with Crippen molar-refractivity contribution in [2.45, 2.75) is 0 Å². The molecule has 5 heteroatoms. The first kappa shape index (κ1) is 9.73. The van der Waals surface area contributed by atoms with Gasteiger partial charge in [-0.15, -0.1) is 0 Å². The maximum atomic E-state index is 11.6. The second kappa shape index (κ2) is 3.74. The molecule has 0 aliphatic carbocycles. The molecule has 0 saturated carbocycles. The summed E-state index contributed by atoms with van der Waals surface area (Å²) in [6.07, 6.45) is 1.41. The minimum atomic E-state index is -0.296. The number of halogens is 1. The van der Waals surface area contributed by atoms with E-state index in [1.807, 2.05) is 0 Å². The first-order valence-electron chi connectivity index (χ1n) is 4.28. The molecule has 2 rings (SSSR count). The van der Waals surface area contributed by atoms with Crippen molar-refractivity contribution in [2.75, 3.05) is 5.73 Å². The van der Waals surface area contributed by atoms with Crippen LogP contribution < -0.4 is 11.3 Å².